The predicted octanol–water partition coefficient (Wildman–Crippen LogP) is 3.74. The minimum atomic E-state index is -0.491. The lowest BCUT2D eigenvalue weighted by atomic mass is 9.73. The summed E-state index contributed by atoms with van der Waals surface area (Å²) in [5, 5.41) is 2.92. The van der Waals surface area contributed by atoms with E-state index in [9.17, 15) is 18.8 Å². The van der Waals surface area contributed by atoms with Crippen LogP contribution in [0.15, 0.2) is 35.3 Å². The quantitative estimate of drug-likeness (QED) is 0.749. The van der Waals surface area contributed by atoms with Gasteiger partial charge in [-0.25, -0.2) is 4.39 Å². The van der Waals surface area contributed by atoms with Crippen molar-refractivity contribution in [3.8, 4) is 5.69 Å². The molecule has 0 spiro atoms. The molecule has 1 saturated heterocycles. The number of piperidine rings is 1. The molecule has 1 N–H and O–H groups in total. The number of amides is 1. The first-order valence-corrected chi connectivity index (χ1v) is 11.8. The minimum Gasteiger partial charge on any atom is -0.351 e. The molecular formula is C26H32FN3O3. The molecule has 1 aliphatic heterocycles. The van der Waals surface area contributed by atoms with E-state index in [0.29, 0.717) is 42.2 Å². The molecule has 6 nitrogen and oxygen atoms in total. The number of pyridine rings is 1. The van der Waals surface area contributed by atoms with E-state index in [4.69, 9.17) is 0 Å². The van der Waals surface area contributed by atoms with Gasteiger partial charge in [-0.15, -0.1) is 0 Å². The minimum absolute atomic E-state index is 0.0182. The summed E-state index contributed by atoms with van der Waals surface area (Å²) in [5.41, 5.74) is 0.519. The Morgan fingerprint density at radius 1 is 1.15 bits per heavy atom. The van der Waals surface area contributed by atoms with Gasteiger partial charge in [0.1, 0.15) is 11.4 Å². The monoisotopic (exact) mass is 453 g/mol. The van der Waals surface area contributed by atoms with Crippen molar-refractivity contribution in [1.82, 2.24) is 14.8 Å². The van der Waals surface area contributed by atoms with E-state index in [-0.39, 0.29) is 16.8 Å². The number of halogens is 1. The zero-order valence-corrected chi connectivity index (χ0v) is 19.6. The summed E-state index contributed by atoms with van der Waals surface area (Å²) in [6.45, 7) is 8.30. The third-order valence-electron chi connectivity index (χ3n) is 6.87. The Morgan fingerprint density at radius 3 is 2.58 bits per heavy atom. The van der Waals surface area contributed by atoms with Gasteiger partial charge in [0.15, 0.2) is 5.78 Å². The third-order valence-corrected chi connectivity index (χ3v) is 6.87. The summed E-state index contributed by atoms with van der Waals surface area (Å²) in [4.78, 5) is 42.1. The van der Waals surface area contributed by atoms with Crippen LogP contribution in [0.1, 0.15) is 72.7 Å². The molecule has 0 saturated carbocycles. The van der Waals surface area contributed by atoms with Crippen molar-refractivity contribution < 1.29 is 14.0 Å². The molecular weight excluding hydrogens is 421 g/mol. The summed E-state index contributed by atoms with van der Waals surface area (Å²) in [6, 6.07) is 5.94. The molecule has 1 fully saturated rings. The average molecular weight is 454 g/mol. The van der Waals surface area contributed by atoms with E-state index >= 15 is 0 Å². The normalized spacial score (nSPS) is 20.4. The molecule has 1 aromatic heterocycles. The first-order chi connectivity index (χ1) is 15.7. The number of nitrogens with one attached hydrogen (secondary N) is 1. The number of benzene rings is 1. The van der Waals surface area contributed by atoms with Crippen LogP contribution in [-0.4, -0.2) is 46.8 Å². The highest BCUT2D eigenvalue weighted by atomic mass is 19.1. The van der Waals surface area contributed by atoms with Crippen molar-refractivity contribution in [3.63, 3.8) is 0 Å². The van der Waals surface area contributed by atoms with Crippen LogP contribution in [0.5, 0.6) is 0 Å². The van der Waals surface area contributed by atoms with Crippen LogP contribution in [-0.2, 0) is 6.42 Å². The largest absolute Gasteiger partial charge is 0.351 e. The Hall–Kier alpha value is -2.80. The Balaban J connectivity index is 1.69. The Bertz CT molecular complexity index is 1120. The highest BCUT2D eigenvalue weighted by Crippen LogP contribution is 2.35. The van der Waals surface area contributed by atoms with Crippen LogP contribution in [0.3, 0.4) is 0 Å². The standard InChI is InChI=1S/C26H32FN3O3/c1-17-6-4-5-12-29(17)13-11-28-24(32)23-20-14-26(2,3)15-22(31)21(20)16-30(25(23)33)19-9-7-18(27)8-10-19/h7-10,16-17H,4-6,11-15H2,1-3H3,(H,28,32)/t17-/m0/s1. The van der Waals surface area contributed by atoms with Gasteiger partial charge in [0, 0.05) is 43.0 Å². The number of hydrogen-bond acceptors (Lipinski definition) is 4. The number of carbonyl (C=O) groups excluding carboxylic acids is 2. The lowest BCUT2D eigenvalue weighted by Gasteiger charge is -2.33. The molecule has 1 atom stereocenters. The number of rotatable bonds is 5. The highest BCUT2D eigenvalue weighted by molar-refractivity contribution is 6.04. The van der Waals surface area contributed by atoms with E-state index in [2.05, 4.69) is 17.1 Å². The number of hydrogen-bond donors (Lipinski definition) is 1. The maximum atomic E-state index is 13.5. The Morgan fingerprint density at radius 2 is 1.88 bits per heavy atom. The number of nitrogens with zero attached hydrogens (tertiary/aromatic N) is 2. The zero-order chi connectivity index (χ0) is 23.8. The van der Waals surface area contributed by atoms with Gasteiger partial charge in [0.25, 0.3) is 11.5 Å². The van der Waals surface area contributed by atoms with Gasteiger partial charge in [-0.2, -0.15) is 0 Å². The fraction of sp³-hybridized carbons (Fsp3) is 0.500. The summed E-state index contributed by atoms with van der Waals surface area (Å²) < 4.78 is 14.7. The number of Topliss-reactive ketones (excluding diaryl/α,β-unsaturated/α-hetero) is 1. The van der Waals surface area contributed by atoms with Crippen LogP contribution in [0, 0.1) is 11.2 Å². The summed E-state index contributed by atoms with van der Waals surface area (Å²) in [7, 11) is 0. The number of likely N-dealkylation sites (tertiary alicyclic amines) is 1. The van der Waals surface area contributed by atoms with Crippen LogP contribution in [0.25, 0.3) is 5.69 Å². The summed E-state index contributed by atoms with van der Waals surface area (Å²) in [6.07, 6.45) is 5.86. The van der Waals surface area contributed by atoms with Gasteiger partial charge in [-0.05, 0) is 68.0 Å². The van der Waals surface area contributed by atoms with Crippen molar-refractivity contribution in [1.29, 1.82) is 0 Å². The molecule has 0 unspecified atom stereocenters. The van der Waals surface area contributed by atoms with E-state index < -0.39 is 17.3 Å². The molecule has 176 valence electrons. The second-order valence-corrected chi connectivity index (χ2v) is 10.1. The van der Waals surface area contributed by atoms with Crippen LogP contribution in [0.4, 0.5) is 4.39 Å². The van der Waals surface area contributed by atoms with Crippen LogP contribution < -0.4 is 10.9 Å². The molecule has 4 rings (SSSR count). The lowest BCUT2D eigenvalue weighted by Crippen LogP contribution is -2.44. The second-order valence-electron chi connectivity index (χ2n) is 10.1. The molecule has 7 heteroatoms. The van der Waals surface area contributed by atoms with Crippen molar-refractivity contribution >= 4 is 11.7 Å². The topological polar surface area (TPSA) is 71.4 Å². The van der Waals surface area contributed by atoms with Crippen molar-refractivity contribution in [2.75, 3.05) is 19.6 Å². The summed E-state index contributed by atoms with van der Waals surface area (Å²) >= 11 is 0. The highest BCUT2D eigenvalue weighted by Gasteiger charge is 2.36. The molecule has 2 aromatic rings. The van der Waals surface area contributed by atoms with Crippen LogP contribution >= 0.6 is 0 Å². The summed E-state index contributed by atoms with van der Waals surface area (Å²) in [5.74, 6) is -0.969. The molecule has 2 aliphatic rings. The fourth-order valence-corrected chi connectivity index (χ4v) is 5.06. The second kappa shape index (κ2) is 9.21. The third kappa shape index (κ3) is 4.93. The first kappa shape index (κ1) is 23.4. The van der Waals surface area contributed by atoms with Crippen molar-refractivity contribution in [2.45, 2.75) is 58.9 Å². The molecule has 0 bridgehead atoms. The lowest BCUT2D eigenvalue weighted by molar-refractivity contribution is 0.0907. The van der Waals surface area contributed by atoms with Gasteiger partial charge in [0.2, 0.25) is 0 Å². The molecule has 1 aliphatic carbocycles. The molecule has 33 heavy (non-hydrogen) atoms. The van der Waals surface area contributed by atoms with Gasteiger partial charge in [-0.3, -0.25) is 23.9 Å². The van der Waals surface area contributed by atoms with Gasteiger partial charge in [-0.1, -0.05) is 20.3 Å². The van der Waals surface area contributed by atoms with E-state index in [1.54, 1.807) is 0 Å². The van der Waals surface area contributed by atoms with Gasteiger partial charge < -0.3 is 5.32 Å². The number of fused-ring (bicyclic) bond motifs is 1. The van der Waals surface area contributed by atoms with Gasteiger partial charge >= 0.3 is 0 Å². The van der Waals surface area contributed by atoms with E-state index in [0.717, 1.165) is 25.9 Å². The van der Waals surface area contributed by atoms with E-state index in [1.807, 2.05) is 13.8 Å². The maximum Gasteiger partial charge on any atom is 0.268 e. The number of carbonyl (C=O) groups is 2. The maximum absolute atomic E-state index is 13.5. The zero-order valence-electron chi connectivity index (χ0n) is 19.6. The number of ketones is 1. The number of aromatic nitrogens is 1. The van der Waals surface area contributed by atoms with Crippen molar-refractivity contribution in [2.24, 2.45) is 5.41 Å². The molecule has 2 heterocycles. The molecule has 1 aromatic carbocycles. The SMILES string of the molecule is C[C@H]1CCCCN1CCNC(=O)c1c2c(cn(-c3ccc(F)cc3)c1=O)C(=O)CC(C)(C)C2. The Labute approximate surface area is 193 Å². The van der Waals surface area contributed by atoms with Crippen molar-refractivity contribution in [3.05, 3.63) is 63.3 Å². The predicted molar refractivity (Wildman–Crippen MR) is 126 cm³/mol. The van der Waals surface area contributed by atoms with E-state index in [1.165, 1.54) is 41.5 Å². The van der Waals surface area contributed by atoms with Crippen LogP contribution in [0.2, 0.25) is 0 Å². The fourth-order valence-electron chi connectivity index (χ4n) is 5.06. The van der Waals surface area contributed by atoms with Gasteiger partial charge in [0.05, 0.1) is 0 Å². The smallest absolute Gasteiger partial charge is 0.268 e. The average Bonchev–Trinajstić information content (AvgIpc) is 2.75. The molecule has 0 radical (unpaired) electrons. The Kier molecular flexibility index (Phi) is 6.52. The first-order valence-electron chi connectivity index (χ1n) is 11.8. The molecule has 1 amide bonds.